The molecule has 1 heterocycles. The minimum absolute atomic E-state index is 0.306. The van der Waals surface area contributed by atoms with Crippen molar-refractivity contribution >= 4 is 11.7 Å². The summed E-state index contributed by atoms with van der Waals surface area (Å²) in [6.07, 6.45) is -5.19. The number of hydrogen-bond acceptors (Lipinski definition) is 7. The van der Waals surface area contributed by atoms with Crippen molar-refractivity contribution < 1.29 is 37.5 Å². The Morgan fingerprint density at radius 2 is 2.11 bits per heavy atom. The molecule has 0 aliphatic carbocycles. The van der Waals surface area contributed by atoms with Gasteiger partial charge >= 0.3 is 18.0 Å². The van der Waals surface area contributed by atoms with Gasteiger partial charge in [-0.25, -0.2) is 4.79 Å². The molecule has 0 bridgehead atoms. The van der Waals surface area contributed by atoms with E-state index in [0.29, 0.717) is 6.07 Å². The van der Waals surface area contributed by atoms with E-state index in [1.165, 1.54) is 0 Å². The molecule has 0 aromatic carbocycles. The molecular weight excluding hydrogens is 277 g/mol. The summed E-state index contributed by atoms with van der Waals surface area (Å²) in [6.45, 7) is 0. The number of halogens is 3. The van der Waals surface area contributed by atoms with Gasteiger partial charge in [-0.05, 0) is 0 Å². The van der Waals surface area contributed by atoms with E-state index in [4.69, 9.17) is 5.11 Å². The Morgan fingerprint density at radius 3 is 2.53 bits per heavy atom. The average Bonchev–Trinajstić information content (AvgIpc) is 2.28. The number of methoxy groups -OCH3 is 1. The topological polar surface area (TPSA) is 112 Å². The molecule has 8 nitrogen and oxygen atoms in total. The lowest BCUT2D eigenvalue weighted by atomic mass is 10.3. The predicted octanol–water partition coefficient (Wildman–Crippen LogP) is 1.38. The molecule has 0 saturated carbocycles. The van der Waals surface area contributed by atoms with Crippen LogP contribution in [0.2, 0.25) is 0 Å². The molecule has 1 N–H and O–H groups in total. The highest BCUT2D eigenvalue weighted by molar-refractivity contribution is 5.92. The second-order valence-corrected chi connectivity index (χ2v) is 2.98. The maximum atomic E-state index is 12.0. The minimum atomic E-state index is -5.19. The molecule has 11 heteroatoms. The van der Waals surface area contributed by atoms with Gasteiger partial charge in [0.25, 0.3) is 5.88 Å². The summed E-state index contributed by atoms with van der Waals surface area (Å²) in [6, 6.07) is 0.306. The van der Waals surface area contributed by atoms with Gasteiger partial charge in [0.1, 0.15) is 0 Å². The van der Waals surface area contributed by atoms with Crippen molar-refractivity contribution in [2.45, 2.75) is 6.36 Å². The van der Waals surface area contributed by atoms with Crippen LogP contribution in [0.15, 0.2) is 6.07 Å². The Hall–Kier alpha value is -2.59. The molecule has 1 aromatic rings. The van der Waals surface area contributed by atoms with Crippen LogP contribution in [0.25, 0.3) is 0 Å². The summed E-state index contributed by atoms with van der Waals surface area (Å²) in [5.41, 5.74) is -2.04. The summed E-state index contributed by atoms with van der Waals surface area (Å²) in [7, 11) is 0.852. The number of pyridine rings is 1. The number of nitrogens with zero attached hydrogens (tertiary/aromatic N) is 2. The highest BCUT2D eigenvalue weighted by Crippen LogP contribution is 2.34. The molecule has 0 fully saturated rings. The van der Waals surface area contributed by atoms with Crippen LogP contribution in [-0.2, 0) is 4.74 Å². The zero-order valence-corrected chi connectivity index (χ0v) is 9.09. The van der Waals surface area contributed by atoms with E-state index in [1.54, 1.807) is 0 Å². The number of esters is 1. The summed E-state index contributed by atoms with van der Waals surface area (Å²) in [5, 5.41) is 19.7. The average molecular weight is 282 g/mol. The molecule has 0 aliphatic heterocycles. The van der Waals surface area contributed by atoms with Crippen molar-refractivity contribution in [3.63, 3.8) is 0 Å². The predicted molar refractivity (Wildman–Crippen MR) is 50.6 cm³/mol. The van der Waals surface area contributed by atoms with Crippen LogP contribution >= 0.6 is 0 Å². The smallest absolute Gasteiger partial charge is 0.503 e. The highest BCUT2D eigenvalue weighted by Gasteiger charge is 2.35. The van der Waals surface area contributed by atoms with Crippen LogP contribution in [0.5, 0.6) is 11.6 Å². The van der Waals surface area contributed by atoms with E-state index in [-0.39, 0.29) is 0 Å². The van der Waals surface area contributed by atoms with Crippen molar-refractivity contribution in [1.29, 1.82) is 0 Å². The van der Waals surface area contributed by atoms with Crippen LogP contribution in [0, 0.1) is 10.1 Å². The number of aromatic nitrogens is 1. The lowest BCUT2D eigenvalue weighted by molar-refractivity contribution is -0.385. The molecule has 0 radical (unpaired) electrons. The maximum Gasteiger partial charge on any atom is 0.574 e. The van der Waals surface area contributed by atoms with Crippen LogP contribution in [0.3, 0.4) is 0 Å². The van der Waals surface area contributed by atoms with Gasteiger partial charge in [-0.15, -0.1) is 13.2 Å². The minimum Gasteiger partial charge on any atom is -0.503 e. The third-order valence-corrected chi connectivity index (χ3v) is 1.74. The molecule has 0 amide bonds. The third-order valence-electron chi connectivity index (χ3n) is 1.74. The fraction of sp³-hybridized carbons (Fsp3) is 0.250. The van der Waals surface area contributed by atoms with Gasteiger partial charge in [-0.3, -0.25) is 10.1 Å². The molecule has 0 aliphatic rings. The SMILES string of the molecule is COC(=O)c1nc(OC(F)(F)F)c(O)cc1[N+](=O)[O-]. The Morgan fingerprint density at radius 1 is 1.53 bits per heavy atom. The van der Waals surface area contributed by atoms with Crippen LogP contribution in [0.1, 0.15) is 10.5 Å². The molecular formula is C8H5F3N2O6. The first-order valence-corrected chi connectivity index (χ1v) is 4.38. The standard InChI is InChI=1S/C8H5F3N2O6/c1-18-7(15)5-3(13(16)17)2-4(14)6(12-5)19-8(9,10)11/h2,14H,1H3. The van der Waals surface area contributed by atoms with E-state index < -0.39 is 40.3 Å². The second kappa shape index (κ2) is 4.96. The van der Waals surface area contributed by atoms with Crippen LogP contribution in [0.4, 0.5) is 18.9 Å². The zero-order chi connectivity index (χ0) is 14.8. The Bertz CT molecular complexity index is 530. The molecule has 0 atom stereocenters. The van der Waals surface area contributed by atoms with Gasteiger partial charge in [0.05, 0.1) is 18.1 Å². The number of rotatable bonds is 3. The molecule has 0 saturated heterocycles. The van der Waals surface area contributed by atoms with Gasteiger partial charge in [0.15, 0.2) is 5.75 Å². The van der Waals surface area contributed by atoms with E-state index in [0.717, 1.165) is 7.11 Å². The van der Waals surface area contributed by atoms with E-state index in [2.05, 4.69) is 14.5 Å². The van der Waals surface area contributed by atoms with Crippen molar-refractivity contribution in [2.24, 2.45) is 0 Å². The molecule has 1 aromatic heterocycles. The first-order valence-electron chi connectivity index (χ1n) is 4.38. The van der Waals surface area contributed by atoms with Gasteiger partial charge < -0.3 is 14.6 Å². The number of hydrogen-bond donors (Lipinski definition) is 1. The fourth-order valence-corrected chi connectivity index (χ4v) is 1.05. The van der Waals surface area contributed by atoms with Crippen molar-refractivity contribution in [1.82, 2.24) is 4.98 Å². The Kier molecular flexibility index (Phi) is 3.77. The number of carbonyl (C=O) groups is 1. The van der Waals surface area contributed by atoms with E-state index in [1.807, 2.05) is 0 Å². The molecule has 0 unspecified atom stereocenters. The van der Waals surface area contributed by atoms with Crippen molar-refractivity contribution in [3.8, 4) is 11.6 Å². The summed E-state index contributed by atoms with van der Waals surface area (Å²) < 4.78 is 43.4. The first-order chi connectivity index (χ1) is 8.65. The first kappa shape index (κ1) is 14.5. The third kappa shape index (κ3) is 3.43. The largest absolute Gasteiger partial charge is 0.574 e. The van der Waals surface area contributed by atoms with Gasteiger partial charge in [0.2, 0.25) is 5.69 Å². The van der Waals surface area contributed by atoms with E-state index >= 15 is 0 Å². The summed E-state index contributed by atoms with van der Waals surface area (Å²) >= 11 is 0. The summed E-state index contributed by atoms with van der Waals surface area (Å²) in [5.74, 6) is -3.98. The number of ether oxygens (including phenoxy) is 2. The lowest BCUT2D eigenvalue weighted by Crippen LogP contribution is -2.19. The Labute approximate surface area is 102 Å². The van der Waals surface area contributed by atoms with Crippen LogP contribution < -0.4 is 4.74 Å². The van der Waals surface area contributed by atoms with Crippen molar-refractivity contribution in [3.05, 3.63) is 21.9 Å². The monoisotopic (exact) mass is 282 g/mol. The molecule has 1 rings (SSSR count). The van der Waals surface area contributed by atoms with Gasteiger partial charge in [0, 0.05) is 0 Å². The number of nitro groups is 1. The zero-order valence-electron chi connectivity index (χ0n) is 9.09. The summed E-state index contributed by atoms with van der Waals surface area (Å²) in [4.78, 5) is 23.6. The maximum absolute atomic E-state index is 12.0. The number of aromatic hydroxyl groups is 1. The number of alkyl halides is 3. The lowest BCUT2D eigenvalue weighted by Gasteiger charge is -2.10. The van der Waals surface area contributed by atoms with Crippen molar-refractivity contribution in [2.75, 3.05) is 7.11 Å². The second-order valence-electron chi connectivity index (χ2n) is 2.98. The molecule has 0 spiro atoms. The Balaban J connectivity index is 3.38. The highest BCUT2D eigenvalue weighted by atomic mass is 19.4. The molecule has 104 valence electrons. The fourth-order valence-electron chi connectivity index (χ4n) is 1.05. The van der Waals surface area contributed by atoms with Gasteiger partial charge in [-0.1, -0.05) is 0 Å². The van der Waals surface area contributed by atoms with Gasteiger partial charge in [-0.2, -0.15) is 4.98 Å². The van der Waals surface area contributed by atoms with Crippen LogP contribution in [-0.4, -0.2) is 34.5 Å². The molecule has 19 heavy (non-hydrogen) atoms. The normalized spacial score (nSPS) is 10.9. The number of carbonyl (C=O) groups excluding carboxylic acids is 1. The quantitative estimate of drug-likeness (QED) is 0.506. The van der Waals surface area contributed by atoms with E-state index in [9.17, 15) is 28.1 Å².